The molecule has 8 heavy (non-hydrogen) atoms. The minimum Gasteiger partial charge on any atom is -0.103 e. The maximum absolute atomic E-state index is 3.60. The zero-order valence-electron chi connectivity index (χ0n) is 5.14. The van der Waals surface area contributed by atoms with Gasteiger partial charge in [-0.3, -0.25) is 0 Å². The molecule has 0 aliphatic rings. The van der Waals surface area contributed by atoms with Gasteiger partial charge in [-0.15, -0.1) is 6.58 Å². The predicted octanol–water partition coefficient (Wildman–Crippen LogP) is 2.69. The second kappa shape index (κ2) is 6.22. The third kappa shape index (κ3) is 5.22. The van der Waals surface area contributed by atoms with E-state index in [2.05, 4.69) is 19.2 Å². The van der Waals surface area contributed by atoms with Gasteiger partial charge in [-0.25, -0.2) is 0 Å². The molecule has 0 aromatic carbocycles. The van der Waals surface area contributed by atoms with Gasteiger partial charge in [-0.05, 0) is 12.8 Å². The van der Waals surface area contributed by atoms with E-state index in [1.165, 1.54) is 0 Å². The van der Waals surface area contributed by atoms with Crippen LogP contribution in [0.3, 0.4) is 0 Å². The SMILES string of the molecule is C=CC=CCCC=C. The van der Waals surface area contributed by atoms with Crippen molar-refractivity contribution < 1.29 is 0 Å². The molecule has 44 valence electrons. The van der Waals surface area contributed by atoms with Gasteiger partial charge in [0.1, 0.15) is 0 Å². The Hall–Kier alpha value is -0.780. The van der Waals surface area contributed by atoms with Crippen molar-refractivity contribution in [3.05, 3.63) is 37.5 Å². The molecule has 0 saturated heterocycles. The number of rotatable bonds is 4. The molecule has 0 spiro atoms. The summed E-state index contributed by atoms with van der Waals surface area (Å²) in [5.74, 6) is 0. The van der Waals surface area contributed by atoms with E-state index in [0.29, 0.717) is 0 Å². The quantitative estimate of drug-likeness (QED) is 0.295. The minimum atomic E-state index is 1.06. The van der Waals surface area contributed by atoms with Crippen molar-refractivity contribution in [2.75, 3.05) is 0 Å². The van der Waals surface area contributed by atoms with Crippen LogP contribution in [0.15, 0.2) is 37.5 Å². The van der Waals surface area contributed by atoms with Gasteiger partial charge < -0.3 is 0 Å². The summed E-state index contributed by atoms with van der Waals surface area (Å²) >= 11 is 0. The van der Waals surface area contributed by atoms with Gasteiger partial charge >= 0.3 is 0 Å². The van der Waals surface area contributed by atoms with Crippen LogP contribution < -0.4 is 0 Å². The van der Waals surface area contributed by atoms with Crippen LogP contribution in [0.1, 0.15) is 12.8 Å². The lowest BCUT2D eigenvalue weighted by atomic mass is 10.3. The van der Waals surface area contributed by atoms with E-state index in [1.54, 1.807) is 6.08 Å². The van der Waals surface area contributed by atoms with Crippen LogP contribution in [0.2, 0.25) is 0 Å². The van der Waals surface area contributed by atoms with Crippen LogP contribution in [-0.4, -0.2) is 0 Å². The molecule has 0 saturated carbocycles. The Labute approximate surface area is 51.2 Å². The fourth-order valence-corrected chi connectivity index (χ4v) is 0.407. The van der Waals surface area contributed by atoms with Crippen molar-refractivity contribution in [2.24, 2.45) is 0 Å². The molecule has 0 atom stereocenters. The first-order chi connectivity index (χ1) is 3.91. The summed E-state index contributed by atoms with van der Waals surface area (Å²) in [7, 11) is 0. The molecule has 0 nitrogen and oxygen atoms in total. The van der Waals surface area contributed by atoms with Crippen LogP contribution >= 0.6 is 0 Å². The Balaban J connectivity index is 3.02. The highest BCUT2D eigenvalue weighted by Crippen LogP contribution is 1.89. The number of allylic oxidation sites excluding steroid dienone is 4. The highest BCUT2D eigenvalue weighted by molar-refractivity contribution is 4.97. The average Bonchev–Trinajstić information content (AvgIpc) is 1.81. The van der Waals surface area contributed by atoms with Crippen molar-refractivity contribution >= 4 is 0 Å². The van der Waals surface area contributed by atoms with E-state index >= 15 is 0 Å². The van der Waals surface area contributed by atoms with Crippen molar-refractivity contribution in [3.8, 4) is 0 Å². The summed E-state index contributed by atoms with van der Waals surface area (Å²) < 4.78 is 0. The second-order valence-electron chi connectivity index (χ2n) is 1.53. The first-order valence-electron chi connectivity index (χ1n) is 2.80. The Bertz CT molecular complexity index is 88.2. The molecule has 0 aliphatic carbocycles. The first kappa shape index (κ1) is 7.22. The summed E-state index contributed by atoms with van der Waals surface area (Å²) in [5.41, 5.74) is 0. The summed E-state index contributed by atoms with van der Waals surface area (Å²) in [6.07, 6.45) is 9.86. The Morgan fingerprint density at radius 2 is 1.88 bits per heavy atom. The molecule has 0 aromatic heterocycles. The van der Waals surface area contributed by atoms with E-state index < -0.39 is 0 Å². The van der Waals surface area contributed by atoms with Crippen molar-refractivity contribution in [1.82, 2.24) is 0 Å². The Morgan fingerprint density at radius 1 is 1.12 bits per heavy atom. The van der Waals surface area contributed by atoms with Crippen molar-refractivity contribution in [1.29, 1.82) is 0 Å². The largest absolute Gasteiger partial charge is 0.103 e. The molecule has 0 unspecified atom stereocenters. The van der Waals surface area contributed by atoms with Crippen LogP contribution in [0.25, 0.3) is 0 Å². The van der Waals surface area contributed by atoms with Gasteiger partial charge in [0, 0.05) is 0 Å². The molecule has 0 aliphatic heterocycles. The van der Waals surface area contributed by atoms with Gasteiger partial charge in [0.05, 0.1) is 0 Å². The highest BCUT2D eigenvalue weighted by Gasteiger charge is 1.69. The lowest BCUT2D eigenvalue weighted by Crippen LogP contribution is -1.59. The standard InChI is InChI=1S/C8H12/c1-3-5-7-8-6-4-2/h3-5,7H,1-2,6,8H2. The first-order valence-corrected chi connectivity index (χ1v) is 2.80. The van der Waals surface area contributed by atoms with E-state index in [0.717, 1.165) is 12.8 Å². The zero-order chi connectivity index (χ0) is 6.24. The fourth-order valence-electron chi connectivity index (χ4n) is 0.407. The van der Waals surface area contributed by atoms with E-state index in [1.807, 2.05) is 12.2 Å². The summed E-state index contributed by atoms with van der Waals surface area (Å²) in [6, 6.07) is 0. The van der Waals surface area contributed by atoms with Gasteiger partial charge in [-0.2, -0.15) is 0 Å². The van der Waals surface area contributed by atoms with E-state index in [9.17, 15) is 0 Å². The zero-order valence-corrected chi connectivity index (χ0v) is 5.14. The maximum atomic E-state index is 3.60. The van der Waals surface area contributed by atoms with E-state index in [4.69, 9.17) is 0 Å². The molecule has 0 aromatic rings. The molecular formula is C8H12. The minimum absolute atomic E-state index is 1.06. The monoisotopic (exact) mass is 108 g/mol. The molecule has 0 N–H and O–H groups in total. The number of unbranched alkanes of at least 4 members (excludes halogenated alkanes) is 1. The van der Waals surface area contributed by atoms with E-state index in [-0.39, 0.29) is 0 Å². The third-order valence-electron chi connectivity index (χ3n) is 0.810. The molecule has 0 bridgehead atoms. The molecule has 0 radical (unpaired) electrons. The lowest BCUT2D eigenvalue weighted by molar-refractivity contribution is 1.06. The molecule has 0 heteroatoms. The topological polar surface area (TPSA) is 0 Å². The van der Waals surface area contributed by atoms with Crippen molar-refractivity contribution in [2.45, 2.75) is 12.8 Å². The van der Waals surface area contributed by atoms with Gasteiger partial charge in [0.2, 0.25) is 0 Å². The number of hydrogen-bond acceptors (Lipinski definition) is 0. The predicted molar refractivity (Wildman–Crippen MR) is 38.8 cm³/mol. The highest BCUT2D eigenvalue weighted by atomic mass is 13.8. The second-order valence-corrected chi connectivity index (χ2v) is 1.53. The van der Waals surface area contributed by atoms with Crippen LogP contribution in [0.5, 0.6) is 0 Å². The van der Waals surface area contributed by atoms with Crippen LogP contribution in [0, 0.1) is 0 Å². The summed E-state index contributed by atoms with van der Waals surface area (Å²) in [5, 5.41) is 0. The fraction of sp³-hybridized carbons (Fsp3) is 0.250. The summed E-state index contributed by atoms with van der Waals surface area (Å²) in [6.45, 7) is 7.14. The number of hydrogen-bond donors (Lipinski definition) is 0. The van der Waals surface area contributed by atoms with Crippen LogP contribution in [0.4, 0.5) is 0 Å². The Kier molecular flexibility index (Phi) is 5.61. The molecule has 0 heterocycles. The third-order valence-corrected chi connectivity index (χ3v) is 0.810. The normalized spacial score (nSPS) is 9.50. The smallest absolute Gasteiger partial charge is 0.0313 e. The molecular weight excluding hydrogens is 96.1 g/mol. The average molecular weight is 108 g/mol. The summed E-state index contributed by atoms with van der Waals surface area (Å²) in [4.78, 5) is 0. The lowest BCUT2D eigenvalue weighted by Gasteiger charge is -1.79. The molecule has 0 amide bonds. The van der Waals surface area contributed by atoms with Gasteiger partial charge in [-0.1, -0.05) is 30.9 Å². The van der Waals surface area contributed by atoms with Gasteiger partial charge in [0.25, 0.3) is 0 Å². The van der Waals surface area contributed by atoms with Crippen molar-refractivity contribution in [3.63, 3.8) is 0 Å². The molecule has 0 fully saturated rings. The Morgan fingerprint density at radius 3 is 2.38 bits per heavy atom. The maximum Gasteiger partial charge on any atom is -0.0313 e. The van der Waals surface area contributed by atoms with Gasteiger partial charge in [0.15, 0.2) is 0 Å². The van der Waals surface area contributed by atoms with Crippen LogP contribution in [-0.2, 0) is 0 Å². The molecule has 0 rings (SSSR count).